The molecule has 0 aliphatic rings. The predicted molar refractivity (Wildman–Crippen MR) is 83.8 cm³/mol. The van der Waals surface area contributed by atoms with E-state index in [1.165, 1.54) is 0 Å². The van der Waals surface area contributed by atoms with Gasteiger partial charge in [0, 0.05) is 5.56 Å². The van der Waals surface area contributed by atoms with Crippen LogP contribution in [-0.4, -0.2) is 23.5 Å². The van der Waals surface area contributed by atoms with Crippen LogP contribution in [0.25, 0.3) is 0 Å². The van der Waals surface area contributed by atoms with Crippen LogP contribution in [0.4, 0.5) is 0 Å². The Morgan fingerprint density at radius 3 is 1.71 bits per heavy atom. The van der Waals surface area contributed by atoms with Crippen molar-refractivity contribution in [1.29, 1.82) is 0 Å². The molecule has 0 aliphatic heterocycles. The molecule has 0 saturated carbocycles. The molecule has 116 valence electrons. The third kappa shape index (κ3) is 4.88. The van der Waals surface area contributed by atoms with Crippen molar-refractivity contribution in [1.82, 2.24) is 5.32 Å². The summed E-state index contributed by atoms with van der Waals surface area (Å²) in [6, 6.07) is 5.80. The summed E-state index contributed by atoms with van der Waals surface area (Å²) in [6.07, 6.45) is 0. The topological polar surface area (TPSA) is 66.4 Å². The molecule has 1 aromatic carbocycles. The van der Waals surface area contributed by atoms with E-state index in [1.807, 2.05) is 12.1 Å². The van der Waals surface area contributed by atoms with Crippen LogP contribution in [0.15, 0.2) is 18.2 Å². The zero-order valence-corrected chi connectivity index (χ0v) is 13.7. The number of benzene rings is 1. The third-order valence-electron chi connectivity index (χ3n) is 3.33. The molecule has 4 heteroatoms. The zero-order valence-electron chi connectivity index (χ0n) is 13.7. The Balaban J connectivity index is 3.26. The number of rotatable bonds is 3. The van der Waals surface area contributed by atoms with Gasteiger partial charge in [-0.1, -0.05) is 47.6 Å². The summed E-state index contributed by atoms with van der Waals surface area (Å²) in [7, 11) is 0. The summed E-state index contributed by atoms with van der Waals surface area (Å²) in [6.45, 7) is 12.2. The van der Waals surface area contributed by atoms with Gasteiger partial charge in [-0.05, 0) is 34.1 Å². The molecule has 21 heavy (non-hydrogen) atoms. The standard InChI is InChI=1S/C17H25NO3/c1-16(2,3)12-7-11(15(21)18-10-14(19)20)8-13(9-12)17(4,5)6/h7-9H,10H2,1-6H3,(H,18,21)(H,19,20). The molecule has 1 aromatic rings. The number of carboxylic acids is 1. The molecule has 0 saturated heterocycles. The minimum absolute atomic E-state index is 0.0803. The van der Waals surface area contributed by atoms with E-state index in [0.717, 1.165) is 11.1 Å². The number of carbonyl (C=O) groups is 2. The van der Waals surface area contributed by atoms with Gasteiger partial charge >= 0.3 is 5.97 Å². The Labute approximate surface area is 126 Å². The summed E-state index contributed by atoms with van der Waals surface area (Å²) in [4.78, 5) is 22.7. The molecule has 4 nitrogen and oxygen atoms in total. The van der Waals surface area contributed by atoms with Gasteiger partial charge in [0.25, 0.3) is 5.91 Å². The van der Waals surface area contributed by atoms with Crippen molar-refractivity contribution in [3.8, 4) is 0 Å². The second-order valence-electron chi connectivity index (χ2n) is 7.38. The zero-order chi connectivity index (χ0) is 16.4. The van der Waals surface area contributed by atoms with Gasteiger partial charge in [-0.25, -0.2) is 0 Å². The molecule has 0 atom stereocenters. The van der Waals surface area contributed by atoms with Crippen LogP contribution in [0.1, 0.15) is 63.0 Å². The van der Waals surface area contributed by atoms with E-state index >= 15 is 0 Å². The molecule has 0 aliphatic carbocycles. The SMILES string of the molecule is CC(C)(C)c1cc(C(=O)NCC(=O)O)cc(C(C)(C)C)c1. The van der Waals surface area contributed by atoms with E-state index in [1.54, 1.807) is 0 Å². The van der Waals surface area contributed by atoms with E-state index in [4.69, 9.17) is 5.11 Å². The second-order valence-corrected chi connectivity index (χ2v) is 7.38. The van der Waals surface area contributed by atoms with E-state index in [2.05, 4.69) is 52.9 Å². The number of hydrogen-bond donors (Lipinski definition) is 2. The number of carbonyl (C=O) groups excluding carboxylic acids is 1. The molecule has 0 heterocycles. The highest BCUT2D eigenvalue weighted by Gasteiger charge is 2.22. The average molecular weight is 291 g/mol. The Bertz CT molecular complexity index is 516. The van der Waals surface area contributed by atoms with Crippen molar-refractivity contribution in [3.63, 3.8) is 0 Å². The quantitative estimate of drug-likeness (QED) is 0.899. The first kappa shape index (κ1) is 17.2. The van der Waals surface area contributed by atoms with Gasteiger partial charge in [0.1, 0.15) is 6.54 Å². The number of nitrogens with one attached hydrogen (secondary N) is 1. The maximum Gasteiger partial charge on any atom is 0.322 e. The normalized spacial score (nSPS) is 12.1. The fourth-order valence-corrected chi connectivity index (χ4v) is 1.88. The molecule has 0 unspecified atom stereocenters. The lowest BCUT2D eigenvalue weighted by Gasteiger charge is -2.26. The van der Waals surface area contributed by atoms with Crippen molar-refractivity contribution >= 4 is 11.9 Å². The highest BCUT2D eigenvalue weighted by molar-refractivity contribution is 5.96. The number of hydrogen-bond acceptors (Lipinski definition) is 2. The summed E-state index contributed by atoms with van der Waals surface area (Å²) < 4.78 is 0. The average Bonchev–Trinajstić information content (AvgIpc) is 2.33. The van der Waals surface area contributed by atoms with Crippen LogP contribution in [0.5, 0.6) is 0 Å². The molecule has 1 rings (SSSR count). The Morgan fingerprint density at radius 2 is 1.38 bits per heavy atom. The minimum atomic E-state index is -1.05. The van der Waals surface area contributed by atoms with E-state index in [0.29, 0.717) is 5.56 Å². The molecule has 0 radical (unpaired) electrons. The first-order valence-corrected chi connectivity index (χ1v) is 7.07. The summed E-state index contributed by atoms with van der Waals surface area (Å²) in [5.74, 6) is -1.40. The van der Waals surface area contributed by atoms with Crippen LogP contribution < -0.4 is 5.32 Å². The Hall–Kier alpha value is -1.84. The van der Waals surface area contributed by atoms with Gasteiger partial charge in [-0.2, -0.15) is 0 Å². The molecular formula is C17H25NO3. The third-order valence-corrected chi connectivity index (χ3v) is 3.33. The molecular weight excluding hydrogens is 266 g/mol. The van der Waals surface area contributed by atoms with Crippen molar-refractivity contribution < 1.29 is 14.7 Å². The fourth-order valence-electron chi connectivity index (χ4n) is 1.88. The van der Waals surface area contributed by atoms with Gasteiger partial charge < -0.3 is 10.4 Å². The first-order valence-electron chi connectivity index (χ1n) is 7.07. The van der Waals surface area contributed by atoms with Crippen LogP contribution >= 0.6 is 0 Å². The molecule has 0 spiro atoms. The first-order chi connectivity index (χ1) is 9.41. The lowest BCUT2D eigenvalue weighted by molar-refractivity contribution is -0.135. The lowest BCUT2D eigenvalue weighted by Crippen LogP contribution is -2.30. The van der Waals surface area contributed by atoms with Gasteiger partial charge in [0.15, 0.2) is 0 Å². The monoisotopic (exact) mass is 291 g/mol. The highest BCUT2D eigenvalue weighted by Crippen LogP contribution is 2.30. The van der Waals surface area contributed by atoms with E-state index in [-0.39, 0.29) is 23.3 Å². The van der Waals surface area contributed by atoms with Gasteiger partial charge in [-0.15, -0.1) is 0 Å². The predicted octanol–water partition coefficient (Wildman–Crippen LogP) is 3.10. The molecule has 1 amide bonds. The van der Waals surface area contributed by atoms with Crippen LogP contribution in [0.3, 0.4) is 0 Å². The largest absolute Gasteiger partial charge is 0.480 e. The van der Waals surface area contributed by atoms with E-state index < -0.39 is 5.97 Å². The Kier molecular flexibility index (Phi) is 4.82. The minimum Gasteiger partial charge on any atom is -0.480 e. The lowest BCUT2D eigenvalue weighted by atomic mass is 9.79. The Morgan fingerprint density at radius 1 is 0.952 bits per heavy atom. The van der Waals surface area contributed by atoms with Crippen LogP contribution in [-0.2, 0) is 15.6 Å². The highest BCUT2D eigenvalue weighted by atomic mass is 16.4. The smallest absolute Gasteiger partial charge is 0.322 e. The van der Waals surface area contributed by atoms with Crippen molar-refractivity contribution in [2.45, 2.75) is 52.4 Å². The molecule has 0 fully saturated rings. The maximum atomic E-state index is 12.1. The van der Waals surface area contributed by atoms with Crippen LogP contribution in [0, 0.1) is 0 Å². The number of amides is 1. The van der Waals surface area contributed by atoms with E-state index in [9.17, 15) is 9.59 Å². The number of carboxylic acid groups (broad SMARTS) is 1. The summed E-state index contributed by atoms with van der Waals surface area (Å²) >= 11 is 0. The van der Waals surface area contributed by atoms with Gasteiger partial charge in [0.05, 0.1) is 0 Å². The van der Waals surface area contributed by atoms with Crippen molar-refractivity contribution in [3.05, 3.63) is 34.9 Å². The number of aliphatic carboxylic acids is 1. The van der Waals surface area contributed by atoms with Crippen molar-refractivity contribution in [2.75, 3.05) is 6.54 Å². The summed E-state index contributed by atoms with van der Waals surface area (Å²) in [5, 5.41) is 11.1. The van der Waals surface area contributed by atoms with Gasteiger partial charge in [0.2, 0.25) is 0 Å². The second kappa shape index (κ2) is 5.88. The molecule has 0 bridgehead atoms. The van der Waals surface area contributed by atoms with Crippen molar-refractivity contribution in [2.24, 2.45) is 0 Å². The van der Waals surface area contributed by atoms with Gasteiger partial charge in [-0.3, -0.25) is 9.59 Å². The molecule has 2 N–H and O–H groups in total. The summed E-state index contributed by atoms with van der Waals surface area (Å²) in [5.41, 5.74) is 2.48. The molecule has 0 aromatic heterocycles. The maximum absolute atomic E-state index is 12.1. The fraction of sp³-hybridized carbons (Fsp3) is 0.529. The van der Waals surface area contributed by atoms with Crippen LogP contribution in [0.2, 0.25) is 0 Å².